The van der Waals surface area contributed by atoms with Crippen LogP contribution < -0.4 is 16.2 Å². The van der Waals surface area contributed by atoms with Crippen molar-refractivity contribution < 1.29 is 0 Å². The lowest BCUT2D eigenvalue weighted by Crippen LogP contribution is -2.43. The van der Waals surface area contributed by atoms with Crippen LogP contribution in [0.4, 0.5) is 5.69 Å². The summed E-state index contributed by atoms with van der Waals surface area (Å²) in [6.45, 7) is 5.51. The highest BCUT2D eigenvalue weighted by Gasteiger charge is 2.21. The summed E-state index contributed by atoms with van der Waals surface area (Å²) >= 11 is 6.13. The van der Waals surface area contributed by atoms with E-state index in [0.717, 1.165) is 19.4 Å². The zero-order valence-electron chi connectivity index (χ0n) is 10.2. The third kappa shape index (κ3) is 2.57. The zero-order valence-corrected chi connectivity index (χ0v) is 10.9. The maximum absolute atomic E-state index is 12.0. The Bertz CT molecular complexity index is 499. The van der Waals surface area contributed by atoms with Crippen LogP contribution in [0.3, 0.4) is 0 Å². The number of anilines is 1. The highest BCUT2D eigenvalue weighted by atomic mass is 35.5. The molecular formula is C12H17ClN4O. The van der Waals surface area contributed by atoms with Gasteiger partial charge in [0.1, 0.15) is 5.02 Å². The van der Waals surface area contributed by atoms with Crippen LogP contribution in [0.25, 0.3) is 0 Å². The molecule has 5 nitrogen and oxygen atoms in total. The SMILES string of the molecule is C=CCn1ncc(N2CCCC(N)C2)c(Cl)c1=O. The minimum Gasteiger partial charge on any atom is -0.367 e. The van der Waals surface area contributed by atoms with Crippen molar-refractivity contribution in [3.8, 4) is 0 Å². The molecule has 0 amide bonds. The fourth-order valence-electron chi connectivity index (χ4n) is 2.16. The predicted molar refractivity (Wildman–Crippen MR) is 73.1 cm³/mol. The van der Waals surface area contributed by atoms with Crippen LogP contribution in [-0.2, 0) is 6.54 Å². The second-order valence-electron chi connectivity index (χ2n) is 4.47. The summed E-state index contributed by atoms with van der Waals surface area (Å²) in [5.41, 5.74) is 6.32. The third-order valence-corrected chi connectivity index (χ3v) is 3.42. The average molecular weight is 269 g/mol. The van der Waals surface area contributed by atoms with Crippen molar-refractivity contribution in [1.29, 1.82) is 0 Å². The van der Waals surface area contributed by atoms with Crippen LogP contribution in [0.1, 0.15) is 12.8 Å². The normalized spacial score (nSPS) is 19.9. The highest BCUT2D eigenvalue weighted by molar-refractivity contribution is 6.33. The Morgan fingerprint density at radius 3 is 3.11 bits per heavy atom. The van der Waals surface area contributed by atoms with Gasteiger partial charge in [0.05, 0.1) is 18.4 Å². The first-order valence-corrected chi connectivity index (χ1v) is 6.38. The van der Waals surface area contributed by atoms with E-state index in [-0.39, 0.29) is 16.6 Å². The molecule has 1 aliphatic rings. The molecule has 0 radical (unpaired) electrons. The highest BCUT2D eigenvalue weighted by Crippen LogP contribution is 2.24. The Morgan fingerprint density at radius 2 is 2.44 bits per heavy atom. The van der Waals surface area contributed by atoms with Gasteiger partial charge in [-0.1, -0.05) is 17.7 Å². The lowest BCUT2D eigenvalue weighted by atomic mass is 10.1. The average Bonchev–Trinajstić information content (AvgIpc) is 2.35. The minimum absolute atomic E-state index is 0.130. The molecule has 18 heavy (non-hydrogen) atoms. The van der Waals surface area contributed by atoms with Crippen molar-refractivity contribution in [3.05, 3.63) is 34.2 Å². The van der Waals surface area contributed by atoms with E-state index in [0.29, 0.717) is 18.8 Å². The minimum atomic E-state index is -0.284. The smallest absolute Gasteiger partial charge is 0.287 e. The van der Waals surface area contributed by atoms with E-state index >= 15 is 0 Å². The molecule has 2 N–H and O–H groups in total. The lowest BCUT2D eigenvalue weighted by molar-refractivity contribution is 0.504. The van der Waals surface area contributed by atoms with Crippen molar-refractivity contribution >= 4 is 17.3 Å². The molecule has 0 spiro atoms. The Labute approximate surface area is 111 Å². The fourth-order valence-corrected chi connectivity index (χ4v) is 2.42. The van der Waals surface area contributed by atoms with Crippen molar-refractivity contribution in [2.45, 2.75) is 25.4 Å². The maximum atomic E-state index is 12.0. The van der Waals surface area contributed by atoms with E-state index in [9.17, 15) is 4.79 Å². The van der Waals surface area contributed by atoms with Gasteiger partial charge in [-0.2, -0.15) is 5.10 Å². The van der Waals surface area contributed by atoms with Gasteiger partial charge in [0.15, 0.2) is 0 Å². The van der Waals surface area contributed by atoms with Crippen LogP contribution in [0.5, 0.6) is 0 Å². The molecule has 0 aliphatic carbocycles. The Balaban J connectivity index is 2.31. The molecule has 2 heterocycles. The number of nitrogens with two attached hydrogens (primary N) is 1. The molecule has 1 aliphatic heterocycles. The van der Waals surface area contributed by atoms with E-state index in [1.807, 2.05) is 4.90 Å². The molecule has 0 aromatic carbocycles. The van der Waals surface area contributed by atoms with Gasteiger partial charge in [0, 0.05) is 19.1 Å². The van der Waals surface area contributed by atoms with Crippen molar-refractivity contribution in [2.75, 3.05) is 18.0 Å². The number of halogens is 1. The summed E-state index contributed by atoms with van der Waals surface area (Å²) in [7, 11) is 0. The van der Waals surface area contributed by atoms with Crippen LogP contribution in [0, 0.1) is 0 Å². The van der Waals surface area contributed by atoms with Gasteiger partial charge >= 0.3 is 0 Å². The van der Waals surface area contributed by atoms with E-state index in [2.05, 4.69) is 11.7 Å². The summed E-state index contributed by atoms with van der Waals surface area (Å²) in [6, 6.07) is 0.130. The van der Waals surface area contributed by atoms with Crippen LogP contribution >= 0.6 is 11.6 Å². The lowest BCUT2D eigenvalue weighted by Gasteiger charge is -2.32. The number of aromatic nitrogens is 2. The molecule has 1 unspecified atom stereocenters. The molecule has 1 aromatic heterocycles. The standard InChI is InChI=1S/C12H17ClN4O/c1-2-5-17-12(18)11(13)10(7-15-17)16-6-3-4-9(14)8-16/h2,7,9H,1,3-6,8,14H2. The zero-order chi connectivity index (χ0) is 13.1. The Hall–Kier alpha value is -1.33. The summed E-state index contributed by atoms with van der Waals surface area (Å²) in [5.74, 6) is 0. The van der Waals surface area contributed by atoms with E-state index in [1.165, 1.54) is 4.68 Å². The molecule has 1 fully saturated rings. The van der Waals surface area contributed by atoms with Gasteiger partial charge in [0.2, 0.25) is 0 Å². The number of allylic oxidation sites excluding steroid dienone is 1. The molecule has 98 valence electrons. The predicted octanol–water partition coefficient (Wildman–Crippen LogP) is 1.01. The molecule has 0 saturated carbocycles. The largest absolute Gasteiger partial charge is 0.367 e. The van der Waals surface area contributed by atoms with Crippen LogP contribution in [-0.4, -0.2) is 28.9 Å². The van der Waals surface area contributed by atoms with E-state index < -0.39 is 0 Å². The molecule has 1 aromatic rings. The molecule has 6 heteroatoms. The van der Waals surface area contributed by atoms with Gasteiger partial charge in [-0.05, 0) is 12.8 Å². The second kappa shape index (κ2) is 5.54. The molecule has 1 atom stereocenters. The summed E-state index contributed by atoms with van der Waals surface area (Å²) < 4.78 is 1.29. The molecule has 2 rings (SSSR count). The van der Waals surface area contributed by atoms with Gasteiger partial charge in [-0.15, -0.1) is 6.58 Å². The second-order valence-corrected chi connectivity index (χ2v) is 4.85. The van der Waals surface area contributed by atoms with Gasteiger partial charge in [0.25, 0.3) is 5.56 Å². The number of nitrogens with zero attached hydrogens (tertiary/aromatic N) is 3. The Morgan fingerprint density at radius 1 is 1.67 bits per heavy atom. The first kappa shape index (κ1) is 13.1. The van der Waals surface area contributed by atoms with Gasteiger partial charge < -0.3 is 10.6 Å². The topological polar surface area (TPSA) is 64.2 Å². The molecular weight excluding hydrogens is 252 g/mol. The van der Waals surface area contributed by atoms with Crippen molar-refractivity contribution in [2.24, 2.45) is 5.73 Å². The first-order valence-electron chi connectivity index (χ1n) is 6.00. The molecule has 0 bridgehead atoms. The Kier molecular flexibility index (Phi) is 4.04. The van der Waals surface area contributed by atoms with Gasteiger partial charge in [-0.3, -0.25) is 4.79 Å². The number of hydrogen-bond donors (Lipinski definition) is 1. The van der Waals surface area contributed by atoms with Crippen molar-refractivity contribution in [1.82, 2.24) is 9.78 Å². The van der Waals surface area contributed by atoms with E-state index in [4.69, 9.17) is 17.3 Å². The number of hydrogen-bond acceptors (Lipinski definition) is 4. The van der Waals surface area contributed by atoms with Crippen molar-refractivity contribution in [3.63, 3.8) is 0 Å². The maximum Gasteiger partial charge on any atom is 0.287 e. The van der Waals surface area contributed by atoms with E-state index in [1.54, 1.807) is 12.3 Å². The summed E-state index contributed by atoms with van der Waals surface area (Å²) in [6.07, 6.45) is 5.26. The van der Waals surface area contributed by atoms with Gasteiger partial charge in [-0.25, -0.2) is 4.68 Å². The first-order chi connectivity index (χ1) is 8.63. The summed E-state index contributed by atoms with van der Waals surface area (Å²) in [4.78, 5) is 14.0. The quantitative estimate of drug-likeness (QED) is 0.831. The molecule has 1 saturated heterocycles. The fraction of sp³-hybridized carbons (Fsp3) is 0.500. The monoisotopic (exact) mass is 268 g/mol. The number of rotatable bonds is 3. The summed E-state index contributed by atoms with van der Waals surface area (Å²) in [5, 5.41) is 4.30. The third-order valence-electron chi connectivity index (χ3n) is 3.07. The van der Waals surface area contributed by atoms with Crippen LogP contribution in [0.15, 0.2) is 23.6 Å². The number of piperidine rings is 1. The van der Waals surface area contributed by atoms with Crippen LogP contribution in [0.2, 0.25) is 5.02 Å².